The van der Waals surface area contributed by atoms with Crippen molar-refractivity contribution >= 4 is 7.60 Å². The first-order valence-electron chi connectivity index (χ1n) is 7.91. The average molecular weight is 296 g/mol. The van der Waals surface area contributed by atoms with Gasteiger partial charge in [-0.1, -0.05) is 12.2 Å². The molecule has 3 aliphatic carbocycles. The molecule has 1 heterocycles. The van der Waals surface area contributed by atoms with E-state index in [0.717, 1.165) is 18.8 Å². The van der Waals surface area contributed by atoms with E-state index in [0.29, 0.717) is 17.8 Å². The zero-order valence-electron chi connectivity index (χ0n) is 12.8. The Labute approximate surface area is 121 Å². The van der Waals surface area contributed by atoms with Crippen LogP contribution in [0.15, 0.2) is 12.2 Å². The first-order valence-corrected chi connectivity index (χ1v) is 9.53. The lowest BCUT2D eigenvalue weighted by Gasteiger charge is -2.33. The van der Waals surface area contributed by atoms with Gasteiger partial charge in [-0.2, -0.15) is 0 Å². The molecule has 4 heteroatoms. The third-order valence-electron chi connectivity index (χ3n) is 6.54. The lowest BCUT2D eigenvalue weighted by molar-refractivity contribution is 0.00578. The largest absolute Gasteiger partial charge is 0.335 e. The molecule has 3 nitrogen and oxygen atoms in total. The summed E-state index contributed by atoms with van der Waals surface area (Å²) in [5, 5.41) is 0. The van der Waals surface area contributed by atoms with Crippen LogP contribution in [0.3, 0.4) is 0 Å². The second-order valence-electron chi connectivity index (χ2n) is 8.11. The predicted octanol–water partition coefficient (Wildman–Crippen LogP) is 4.38. The molecule has 2 bridgehead atoms. The molecule has 4 rings (SSSR count). The summed E-state index contributed by atoms with van der Waals surface area (Å²) in [4.78, 5) is 0. The molecule has 0 amide bonds. The number of allylic oxidation sites excluding steroid dienone is 2. The van der Waals surface area contributed by atoms with E-state index in [1.807, 2.05) is 27.7 Å². The molecule has 0 aromatic carbocycles. The molecule has 0 aromatic rings. The van der Waals surface area contributed by atoms with Gasteiger partial charge in [0.2, 0.25) is 0 Å². The van der Waals surface area contributed by atoms with Crippen LogP contribution in [0.1, 0.15) is 47.0 Å². The maximum absolute atomic E-state index is 13.4. The van der Waals surface area contributed by atoms with E-state index in [4.69, 9.17) is 9.05 Å². The molecule has 0 N–H and O–H groups in total. The van der Waals surface area contributed by atoms with Gasteiger partial charge >= 0.3 is 7.60 Å². The number of hydrogen-bond acceptors (Lipinski definition) is 3. The van der Waals surface area contributed by atoms with Crippen molar-refractivity contribution in [2.75, 3.05) is 0 Å². The fourth-order valence-electron chi connectivity index (χ4n) is 4.90. The predicted molar refractivity (Wildman–Crippen MR) is 78.7 cm³/mol. The monoisotopic (exact) mass is 296 g/mol. The Morgan fingerprint density at radius 1 is 1.05 bits per heavy atom. The Balaban J connectivity index is 1.63. The highest BCUT2D eigenvalue weighted by molar-refractivity contribution is 7.55. The summed E-state index contributed by atoms with van der Waals surface area (Å²) in [6, 6.07) is 0. The Kier molecular flexibility index (Phi) is 2.57. The molecule has 3 unspecified atom stereocenters. The molecule has 1 saturated heterocycles. The van der Waals surface area contributed by atoms with Gasteiger partial charge in [0.15, 0.2) is 0 Å². The van der Waals surface area contributed by atoms with E-state index in [1.165, 1.54) is 6.42 Å². The minimum absolute atomic E-state index is 0.134. The highest BCUT2D eigenvalue weighted by Gasteiger charge is 2.65. The molecule has 4 aliphatic rings. The summed E-state index contributed by atoms with van der Waals surface area (Å²) in [5.74, 6) is 2.68. The van der Waals surface area contributed by atoms with Crippen LogP contribution in [0, 0.1) is 23.7 Å². The quantitative estimate of drug-likeness (QED) is 0.532. The first kappa shape index (κ1) is 13.5. The van der Waals surface area contributed by atoms with Crippen LogP contribution in [0.25, 0.3) is 0 Å². The van der Waals surface area contributed by atoms with Crippen molar-refractivity contribution in [3.63, 3.8) is 0 Å². The van der Waals surface area contributed by atoms with Crippen LogP contribution in [-0.2, 0) is 13.6 Å². The lowest BCUT2D eigenvalue weighted by Crippen LogP contribution is -2.41. The minimum Gasteiger partial charge on any atom is -0.299 e. The highest BCUT2D eigenvalue weighted by Crippen LogP contribution is 2.74. The topological polar surface area (TPSA) is 35.5 Å². The normalized spacial score (nSPS) is 49.7. The smallest absolute Gasteiger partial charge is 0.299 e. The molecule has 3 fully saturated rings. The van der Waals surface area contributed by atoms with E-state index in [9.17, 15) is 4.57 Å². The first-order chi connectivity index (χ1) is 9.24. The maximum Gasteiger partial charge on any atom is 0.335 e. The molecule has 0 radical (unpaired) electrons. The molecular weight excluding hydrogens is 271 g/mol. The van der Waals surface area contributed by atoms with Crippen molar-refractivity contribution < 1.29 is 13.6 Å². The van der Waals surface area contributed by atoms with Gasteiger partial charge in [-0.15, -0.1) is 0 Å². The van der Waals surface area contributed by atoms with Gasteiger partial charge in [-0.05, 0) is 70.6 Å². The third kappa shape index (κ3) is 1.58. The average Bonchev–Trinajstić information content (AvgIpc) is 3.01. The summed E-state index contributed by atoms with van der Waals surface area (Å²) in [6.45, 7) is 8.00. The van der Waals surface area contributed by atoms with Crippen LogP contribution in [0.4, 0.5) is 0 Å². The zero-order chi connectivity index (χ0) is 14.3. The standard InChI is InChI=1S/C16H25O3P/c1-15(2)16(3,4)19-20(17,18-15)14-9-10-8-13(14)12-7-5-6-11(10)12/h5-6,10-14H,7-9H2,1-4H3/t10-,11?,12?,13-,14?/m0/s1. The fourth-order valence-corrected chi connectivity index (χ4v) is 8.26. The molecular formula is C16H25O3P. The second kappa shape index (κ2) is 3.80. The van der Waals surface area contributed by atoms with Crippen LogP contribution in [0.5, 0.6) is 0 Å². The molecule has 0 aromatic heterocycles. The van der Waals surface area contributed by atoms with Crippen LogP contribution in [-0.4, -0.2) is 16.9 Å². The minimum atomic E-state index is -2.98. The van der Waals surface area contributed by atoms with Crippen molar-refractivity contribution in [1.29, 1.82) is 0 Å². The zero-order valence-corrected chi connectivity index (χ0v) is 13.7. The van der Waals surface area contributed by atoms with E-state index >= 15 is 0 Å². The van der Waals surface area contributed by atoms with Crippen LogP contribution >= 0.6 is 7.60 Å². The van der Waals surface area contributed by atoms with Crippen LogP contribution in [0.2, 0.25) is 0 Å². The van der Waals surface area contributed by atoms with E-state index in [-0.39, 0.29) is 5.66 Å². The Morgan fingerprint density at radius 2 is 1.70 bits per heavy atom. The molecule has 20 heavy (non-hydrogen) atoms. The van der Waals surface area contributed by atoms with Crippen LogP contribution < -0.4 is 0 Å². The van der Waals surface area contributed by atoms with Crippen molar-refractivity contribution in [3.8, 4) is 0 Å². The van der Waals surface area contributed by atoms with Gasteiger partial charge in [0.1, 0.15) is 11.2 Å². The Hall–Kier alpha value is -0.110. The summed E-state index contributed by atoms with van der Waals surface area (Å²) >= 11 is 0. The van der Waals surface area contributed by atoms with Crippen molar-refractivity contribution in [3.05, 3.63) is 12.2 Å². The molecule has 112 valence electrons. The number of hydrogen-bond donors (Lipinski definition) is 0. The molecule has 5 atom stereocenters. The lowest BCUT2D eigenvalue weighted by atomic mass is 9.81. The van der Waals surface area contributed by atoms with Gasteiger partial charge in [-0.25, -0.2) is 0 Å². The maximum atomic E-state index is 13.4. The van der Waals surface area contributed by atoms with E-state index < -0.39 is 18.8 Å². The van der Waals surface area contributed by atoms with Crippen molar-refractivity contribution in [1.82, 2.24) is 0 Å². The Morgan fingerprint density at radius 3 is 2.35 bits per heavy atom. The van der Waals surface area contributed by atoms with Gasteiger partial charge in [0, 0.05) is 0 Å². The second-order valence-corrected chi connectivity index (χ2v) is 10.2. The van der Waals surface area contributed by atoms with Gasteiger partial charge in [-0.3, -0.25) is 13.6 Å². The van der Waals surface area contributed by atoms with Gasteiger partial charge in [0.05, 0.1) is 5.66 Å². The van der Waals surface area contributed by atoms with Gasteiger partial charge < -0.3 is 0 Å². The SMILES string of the molecule is CC1(C)OP(=O)(C2C[C@@H]3C[C@H]2C2CC=CC23)OC1(C)C. The fraction of sp³-hybridized carbons (Fsp3) is 0.875. The van der Waals surface area contributed by atoms with E-state index in [1.54, 1.807) is 0 Å². The summed E-state index contributed by atoms with van der Waals surface area (Å²) in [6.07, 6.45) is 8.12. The highest BCUT2D eigenvalue weighted by atomic mass is 31.2. The summed E-state index contributed by atoms with van der Waals surface area (Å²) in [7, 11) is -2.98. The molecule has 1 aliphatic heterocycles. The number of fused-ring (bicyclic) bond motifs is 5. The summed E-state index contributed by atoms with van der Waals surface area (Å²) < 4.78 is 25.5. The molecule has 0 spiro atoms. The Bertz CT molecular complexity index is 502. The van der Waals surface area contributed by atoms with Crippen molar-refractivity contribution in [2.45, 2.75) is 63.8 Å². The van der Waals surface area contributed by atoms with Gasteiger partial charge in [0.25, 0.3) is 0 Å². The van der Waals surface area contributed by atoms with E-state index in [2.05, 4.69) is 12.2 Å². The third-order valence-corrected chi connectivity index (χ3v) is 9.36. The summed E-state index contributed by atoms with van der Waals surface area (Å²) in [5.41, 5.74) is -0.815. The number of rotatable bonds is 1. The van der Waals surface area contributed by atoms with Crippen molar-refractivity contribution in [2.24, 2.45) is 23.7 Å². The molecule has 2 saturated carbocycles.